The maximum absolute atomic E-state index is 12.3. The molecule has 0 bridgehead atoms. The Hall–Kier alpha value is -1.96. The lowest BCUT2D eigenvalue weighted by Crippen LogP contribution is -2.22. The Balaban J connectivity index is 1.73. The van der Waals surface area contributed by atoms with E-state index in [-0.39, 0.29) is 11.2 Å². The molecule has 0 spiro atoms. The van der Waals surface area contributed by atoms with Gasteiger partial charge in [-0.05, 0) is 49.8 Å². The minimum absolute atomic E-state index is 0.0558. The molecular weight excluding hydrogens is 370 g/mol. The van der Waals surface area contributed by atoms with Crippen LogP contribution in [0.5, 0.6) is 0 Å². The SMILES string of the molecule is Cc1ccccc1-n1nc(S[C@@H](C)C(=O)Nc2ccccc2)sc1=S. The van der Waals surface area contributed by atoms with Gasteiger partial charge in [0.1, 0.15) is 0 Å². The van der Waals surface area contributed by atoms with Crippen LogP contribution in [-0.4, -0.2) is 20.9 Å². The fourth-order valence-electron chi connectivity index (χ4n) is 2.23. The summed E-state index contributed by atoms with van der Waals surface area (Å²) < 4.78 is 3.22. The van der Waals surface area contributed by atoms with E-state index in [2.05, 4.69) is 10.4 Å². The maximum Gasteiger partial charge on any atom is 0.237 e. The number of nitrogens with zero attached hydrogens (tertiary/aromatic N) is 2. The first kappa shape index (κ1) is 17.8. The van der Waals surface area contributed by atoms with Crippen molar-refractivity contribution in [3.63, 3.8) is 0 Å². The van der Waals surface area contributed by atoms with Crippen LogP contribution in [0.2, 0.25) is 0 Å². The molecule has 0 aliphatic heterocycles. The van der Waals surface area contributed by atoms with Crippen LogP contribution in [0.1, 0.15) is 12.5 Å². The normalized spacial score (nSPS) is 11.9. The molecule has 3 aromatic rings. The van der Waals surface area contributed by atoms with Crippen LogP contribution in [0.15, 0.2) is 58.9 Å². The van der Waals surface area contributed by atoms with E-state index in [9.17, 15) is 4.79 Å². The predicted octanol–water partition coefficient (Wildman–Crippen LogP) is 5.09. The van der Waals surface area contributed by atoms with Gasteiger partial charge in [-0.2, -0.15) is 0 Å². The number of thioether (sulfide) groups is 1. The van der Waals surface area contributed by atoms with Crippen molar-refractivity contribution in [1.82, 2.24) is 9.78 Å². The molecule has 3 rings (SSSR count). The standard InChI is InChI=1S/C18H17N3OS3/c1-12-8-6-7-11-15(12)21-18(23)25-17(20-21)24-13(2)16(22)19-14-9-4-3-5-10-14/h3-11,13H,1-2H3,(H,19,22)/t13-/m0/s1. The molecule has 2 aromatic carbocycles. The van der Waals surface area contributed by atoms with Crippen molar-refractivity contribution in [3.05, 3.63) is 64.1 Å². The molecule has 1 aromatic heterocycles. The molecule has 0 saturated carbocycles. The molecule has 1 heterocycles. The lowest BCUT2D eigenvalue weighted by molar-refractivity contribution is -0.115. The molecule has 0 saturated heterocycles. The molecule has 1 N–H and O–H groups in total. The number of carbonyl (C=O) groups is 1. The van der Waals surface area contributed by atoms with Gasteiger partial charge in [0.25, 0.3) is 0 Å². The van der Waals surface area contributed by atoms with E-state index < -0.39 is 0 Å². The van der Waals surface area contributed by atoms with Crippen molar-refractivity contribution in [2.24, 2.45) is 0 Å². The number of benzene rings is 2. The summed E-state index contributed by atoms with van der Waals surface area (Å²) in [7, 11) is 0. The number of aromatic nitrogens is 2. The first-order valence-corrected chi connectivity index (χ1v) is 9.84. The van der Waals surface area contributed by atoms with Crippen LogP contribution in [0, 0.1) is 10.9 Å². The minimum Gasteiger partial charge on any atom is -0.325 e. The van der Waals surface area contributed by atoms with Crippen molar-refractivity contribution in [1.29, 1.82) is 0 Å². The Morgan fingerprint density at radius 1 is 1.20 bits per heavy atom. The number of nitrogens with one attached hydrogen (secondary N) is 1. The van der Waals surface area contributed by atoms with Crippen LogP contribution in [0.3, 0.4) is 0 Å². The molecule has 25 heavy (non-hydrogen) atoms. The van der Waals surface area contributed by atoms with Gasteiger partial charge in [0.15, 0.2) is 8.29 Å². The van der Waals surface area contributed by atoms with Gasteiger partial charge in [-0.3, -0.25) is 4.79 Å². The molecular formula is C18H17N3OS3. The summed E-state index contributed by atoms with van der Waals surface area (Å²) in [6.45, 7) is 3.89. The Bertz CT molecular complexity index is 934. The van der Waals surface area contributed by atoms with Crippen molar-refractivity contribution >= 4 is 46.9 Å². The van der Waals surface area contributed by atoms with Gasteiger partial charge >= 0.3 is 0 Å². The summed E-state index contributed by atoms with van der Waals surface area (Å²) in [4.78, 5) is 12.3. The van der Waals surface area contributed by atoms with E-state index in [0.29, 0.717) is 3.95 Å². The number of hydrogen-bond donors (Lipinski definition) is 1. The summed E-state index contributed by atoms with van der Waals surface area (Å²) >= 11 is 8.28. The molecule has 0 aliphatic rings. The number of anilines is 1. The second-order valence-corrected chi connectivity index (χ2v) is 8.66. The molecule has 0 fully saturated rings. The summed E-state index contributed by atoms with van der Waals surface area (Å²) in [6.07, 6.45) is 0. The molecule has 0 unspecified atom stereocenters. The smallest absolute Gasteiger partial charge is 0.237 e. The monoisotopic (exact) mass is 387 g/mol. The Labute approximate surface area is 159 Å². The van der Waals surface area contributed by atoms with Crippen LogP contribution in [0.4, 0.5) is 5.69 Å². The molecule has 0 radical (unpaired) electrons. The summed E-state index contributed by atoms with van der Waals surface area (Å²) in [6, 6.07) is 17.4. The lowest BCUT2D eigenvalue weighted by Gasteiger charge is -2.10. The highest BCUT2D eigenvalue weighted by Gasteiger charge is 2.18. The number of rotatable bonds is 5. The second kappa shape index (κ2) is 7.95. The van der Waals surface area contributed by atoms with E-state index in [1.54, 1.807) is 4.68 Å². The fraction of sp³-hybridized carbons (Fsp3) is 0.167. The molecule has 4 nitrogen and oxygen atoms in total. The third-order valence-electron chi connectivity index (χ3n) is 3.56. The van der Waals surface area contributed by atoms with E-state index in [0.717, 1.165) is 21.3 Å². The average Bonchev–Trinajstić information content (AvgIpc) is 2.96. The molecule has 0 aliphatic carbocycles. The zero-order valence-electron chi connectivity index (χ0n) is 13.8. The highest BCUT2D eigenvalue weighted by molar-refractivity contribution is 8.02. The zero-order chi connectivity index (χ0) is 17.8. The number of carbonyl (C=O) groups excluding carboxylic acids is 1. The predicted molar refractivity (Wildman–Crippen MR) is 107 cm³/mol. The highest BCUT2D eigenvalue weighted by Crippen LogP contribution is 2.29. The zero-order valence-corrected chi connectivity index (χ0v) is 16.3. The van der Waals surface area contributed by atoms with E-state index in [1.165, 1.54) is 23.1 Å². The summed E-state index contributed by atoms with van der Waals surface area (Å²) in [5, 5.41) is 7.22. The summed E-state index contributed by atoms with van der Waals surface area (Å²) in [5.74, 6) is -0.0558. The van der Waals surface area contributed by atoms with Crippen molar-refractivity contribution < 1.29 is 4.79 Å². The van der Waals surface area contributed by atoms with Gasteiger partial charge < -0.3 is 5.32 Å². The van der Waals surface area contributed by atoms with Crippen molar-refractivity contribution in [3.8, 4) is 5.69 Å². The van der Waals surface area contributed by atoms with Crippen LogP contribution >= 0.6 is 35.3 Å². The van der Waals surface area contributed by atoms with Gasteiger partial charge in [0.2, 0.25) is 5.91 Å². The van der Waals surface area contributed by atoms with E-state index in [4.69, 9.17) is 12.2 Å². The summed E-state index contributed by atoms with van der Waals surface area (Å²) in [5.41, 5.74) is 2.87. The maximum atomic E-state index is 12.3. The number of hydrogen-bond acceptors (Lipinski definition) is 5. The largest absolute Gasteiger partial charge is 0.325 e. The second-order valence-electron chi connectivity index (χ2n) is 5.45. The van der Waals surface area contributed by atoms with Crippen molar-refractivity contribution in [2.45, 2.75) is 23.4 Å². The highest BCUT2D eigenvalue weighted by atomic mass is 32.2. The van der Waals surface area contributed by atoms with Crippen molar-refractivity contribution in [2.75, 3.05) is 5.32 Å². The molecule has 1 amide bonds. The van der Waals surface area contributed by atoms with Gasteiger partial charge in [-0.1, -0.05) is 59.5 Å². The van der Waals surface area contributed by atoms with Gasteiger partial charge in [-0.15, -0.1) is 5.10 Å². The third kappa shape index (κ3) is 4.36. The van der Waals surface area contributed by atoms with Gasteiger partial charge in [-0.25, -0.2) is 4.68 Å². The average molecular weight is 388 g/mol. The number of para-hydroxylation sites is 2. The Kier molecular flexibility index (Phi) is 5.67. The van der Waals surface area contributed by atoms with E-state index in [1.807, 2.05) is 68.4 Å². The molecule has 7 heteroatoms. The van der Waals surface area contributed by atoms with Gasteiger partial charge in [0, 0.05) is 5.69 Å². The van der Waals surface area contributed by atoms with Crippen LogP contribution < -0.4 is 5.32 Å². The minimum atomic E-state index is -0.272. The Morgan fingerprint density at radius 3 is 2.60 bits per heavy atom. The number of aryl methyl sites for hydroxylation is 1. The van der Waals surface area contributed by atoms with Crippen LogP contribution in [-0.2, 0) is 4.79 Å². The third-order valence-corrected chi connectivity index (χ3v) is 5.98. The molecule has 1 atom stereocenters. The quantitative estimate of drug-likeness (QED) is 0.489. The van der Waals surface area contributed by atoms with E-state index >= 15 is 0 Å². The Morgan fingerprint density at radius 2 is 1.88 bits per heavy atom. The van der Waals surface area contributed by atoms with Crippen LogP contribution in [0.25, 0.3) is 5.69 Å². The topological polar surface area (TPSA) is 46.9 Å². The van der Waals surface area contributed by atoms with Gasteiger partial charge in [0.05, 0.1) is 10.9 Å². The fourth-order valence-corrected chi connectivity index (χ4v) is 4.72. The first-order valence-electron chi connectivity index (χ1n) is 7.73. The first-order chi connectivity index (χ1) is 12.0. The number of amides is 1. The lowest BCUT2D eigenvalue weighted by atomic mass is 10.2. The molecule has 128 valence electrons.